The molecule has 1 fully saturated rings. The first-order valence-corrected chi connectivity index (χ1v) is 11.0. The standard InChI is InChI=1S/C20H27N3O5S/c1-14-10-15(2)19(16(3)11-14)29(26,27)22-9-6-18(25)28-12-17(24)23-20(13-21)7-4-5-8-20/h10-11,22H,4-9,12H2,1-3H3,(H,23,24). The second-order valence-corrected chi connectivity index (χ2v) is 9.19. The van der Waals surface area contributed by atoms with E-state index in [1.54, 1.807) is 26.0 Å². The Morgan fingerprint density at radius 1 is 1.17 bits per heavy atom. The Bertz CT molecular complexity index is 905. The van der Waals surface area contributed by atoms with Gasteiger partial charge in [0.05, 0.1) is 17.4 Å². The summed E-state index contributed by atoms with van der Waals surface area (Å²) in [6.07, 6.45) is 2.70. The molecule has 8 nitrogen and oxygen atoms in total. The quantitative estimate of drug-likeness (QED) is 0.616. The average Bonchev–Trinajstić information content (AvgIpc) is 3.07. The van der Waals surface area contributed by atoms with Gasteiger partial charge >= 0.3 is 5.97 Å². The van der Waals surface area contributed by atoms with Crippen molar-refractivity contribution in [2.45, 2.75) is 63.3 Å². The normalized spacial score (nSPS) is 15.5. The highest BCUT2D eigenvalue weighted by Crippen LogP contribution is 2.28. The maximum atomic E-state index is 12.5. The number of hydrogen-bond donors (Lipinski definition) is 2. The minimum Gasteiger partial charge on any atom is -0.456 e. The summed E-state index contributed by atoms with van der Waals surface area (Å²) in [7, 11) is -3.77. The van der Waals surface area contributed by atoms with E-state index >= 15 is 0 Å². The molecule has 1 amide bonds. The first-order chi connectivity index (χ1) is 13.6. The lowest BCUT2D eigenvalue weighted by atomic mass is 10.00. The number of esters is 1. The van der Waals surface area contributed by atoms with Gasteiger partial charge in [0.25, 0.3) is 5.91 Å². The van der Waals surface area contributed by atoms with E-state index < -0.39 is 34.0 Å². The van der Waals surface area contributed by atoms with Gasteiger partial charge in [0.1, 0.15) is 5.54 Å². The van der Waals surface area contributed by atoms with Crippen molar-refractivity contribution in [2.24, 2.45) is 0 Å². The summed E-state index contributed by atoms with van der Waals surface area (Å²) >= 11 is 0. The van der Waals surface area contributed by atoms with E-state index in [4.69, 9.17) is 4.74 Å². The van der Waals surface area contributed by atoms with Gasteiger partial charge in [-0.15, -0.1) is 0 Å². The van der Waals surface area contributed by atoms with Gasteiger partial charge in [-0.3, -0.25) is 9.59 Å². The molecule has 0 aliphatic heterocycles. The van der Waals surface area contributed by atoms with Crippen LogP contribution in [0.5, 0.6) is 0 Å². The van der Waals surface area contributed by atoms with Crippen molar-refractivity contribution >= 4 is 21.9 Å². The Labute approximate surface area is 171 Å². The molecule has 0 heterocycles. The summed E-state index contributed by atoms with van der Waals surface area (Å²) in [5, 5.41) is 11.9. The van der Waals surface area contributed by atoms with Crippen molar-refractivity contribution in [3.8, 4) is 6.07 Å². The number of rotatable bonds is 8. The predicted octanol–water partition coefficient (Wildman–Crippen LogP) is 1.78. The number of nitrogens with zero attached hydrogens (tertiary/aromatic N) is 1. The highest BCUT2D eigenvalue weighted by Gasteiger charge is 2.35. The molecule has 2 N–H and O–H groups in total. The largest absolute Gasteiger partial charge is 0.456 e. The summed E-state index contributed by atoms with van der Waals surface area (Å²) in [6.45, 7) is 4.70. The van der Waals surface area contributed by atoms with Gasteiger partial charge in [-0.1, -0.05) is 17.7 Å². The van der Waals surface area contributed by atoms with Gasteiger partial charge < -0.3 is 10.1 Å². The van der Waals surface area contributed by atoms with Crippen LogP contribution >= 0.6 is 0 Å². The van der Waals surface area contributed by atoms with Crippen molar-refractivity contribution in [3.05, 3.63) is 28.8 Å². The highest BCUT2D eigenvalue weighted by molar-refractivity contribution is 7.89. The van der Waals surface area contributed by atoms with Gasteiger partial charge in [0.15, 0.2) is 6.61 Å². The van der Waals surface area contributed by atoms with Crippen LogP contribution in [0.3, 0.4) is 0 Å². The van der Waals surface area contributed by atoms with Crippen LogP contribution in [0.4, 0.5) is 0 Å². The summed E-state index contributed by atoms with van der Waals surface area (Å²) in [5.41, 5.74) is 1.36. The minimum atomic E-state index is -3.77. The molecule has 0 atom stereocenters. The Hall–Kier alpha value is -2.44. The maximum absolute atomic E-state index is 12.5. The third-order valence-corrected chi connectivity index (χ3v) is 6.67. The fraction of sp³-hybridized carbons (Fsp3) is 0.550. The van der Waals surface area contributed by atoms with Crippen molar-refractivity contribution in [3.63, 3.8) is 0 Å². The first kappa shape index (κ1) is 22.8. The first-order valence-electron chi connectivity index (χ1n) is 9.54. The van der Waals surface area contributed by atoms with E-state index in [1.807, 2.05) is 6.92 Å². The van der Waals surface area contributed by atoms with Crippen molar-refractivity contribution in [2.75, 3.05) is 13.2 Å². The molecule has 1 aliphatic rings. The van der Waals surface area contributed by atoms with E-state index in [0.717, 1.165) is 18.4 Å². The van der Waals surface area contributed by atoms with E-state index in [2.05, 4.69) is 16.1 Å². The fourth-order valence-corrected chi connectivity index (χ4v) is 5.20. The topological polar surface area (TPSA) is 125 Å². The number of nitriles is 1. The van der Waals surface area contributed by atoms with E-state index in [1.165, 1.54) is 0 Å². The molecule has 0 aromatic heterocycles. The van der Waals surface area contributed by atoms with Gasteiger partial charge in [-0.25, -0.2) is 13.1 Å². The highest BCUT2D eigenvalue weighted by atomic mass is 32.2. The third-order valence-electron chi connectivity index (χ3n) is 4.91. The predicted molar refractivity (Wildman–Crippen MR) is 106 cm³/mol. The summed E-state index contributed by atoms with van der Waals surface area (Å²) in [4.78, 5) is 24.0. The van der Waals surface area contributed by atoms with E-state index in [9.17, 15) is 23.3 Å². The lowest BCUT2D eigenvalue weighted by Gasteiger charge is -2.21. The summed E-state index contributed by atoms with van der Waals surface area (Å²) < 4.78 is 32.4. The zero-order valence-corrected chi connectivity index (χ0v) is 17.8. The van der Waals surface area contributed by atoms with Crippen LogP contribution in [0, 0.1) is 32.1 Å². The lowest BCUT2D eigenvalue weighted by molar-refractivity contribution is -0.148. The molecule has 9 heteroatoms. The fourth-order valence-electron chi connectivity index (χ4n) is 3.71. The molecule has 1 saturated carbocycles. The molecule has 1 aliphatic carbocycles. The monoisotopic (exact) mass is 421 g/mol. The Morgan fingerprint density at radius 3 is 2.31 bits per heavy atom. The molecule has 2 rings (SSSR count). The maximum Gasteiger partial charge on any atom is 0.307 e. The number of hydrogen-bond acceptors (Lipinski definition) is 6. The van der Waals surface area contributed by atoms with Gasteiger partial charge in [-0.05, 0) is 57.6 Å². The molecule has 29 heavy (non-hydrogen) atoms. The van der Waals surface area contributed by atoms with Gasteiger partial charge in [0, 0.05) is 6.54 Å². The third kappa shape index (κ3) is 6.02. The van der Waals surface area contributed by atoms with Crippen LogP contribution < -0.4 is 10.0 Å². The number of carbonyl (C=O) groups excluding carboxylic acids is 2. The van der Waals surface area contributed by atoms with Crippen LogP contribution in [0.15, 0.2) is 17.0 Å². The summed E-state index contributed by atoms with van der Waals surface area (Å²) in [6, 6.07) is 5.69. The number of nitrogens with one attached hydrogen (secondary N) is 2. The van der Waals surface area contributed by atoms with E-state index in [-0.39, 0.29) is 17.9 Å². The molecule has 1 aromatic rings. The van der Waals surface area contributed by atoms with Crippen LogP contribution in [0.25, 0.3) is 0 Å². The SMILES string of the molecule is Cc1cc(C)c(S(=O)(=O)NCCC(=O)OCC(=O)NC2(C#N)CCCC2)c(C)c1. The average molecular weight is 422 g/mol. The number of ether oxygens (including phenoxy) is 1. The number of benzene rings is 1. The summed E-state index contributed by atoms with van der Waals surface area (Å²) in [5.74, 6) is -1.23. The Balaban J connectivity index is 1.81. The molecule has 0 saturated heterocycles. The minimum absolute atomic E-state index is 0.141. The molecule has 1 aromatic carbocycles. The second kappa shape index (κ2) is 9.37. The van der Waals surface area contributed by atoms with Gasteiger partial charge in [0.2, 0.25) is 10.0 Å². The van der Waals surface area contributed by atoms with E-state index in [0.29, 0.717) is 24.0 Å². The number of sulfonamides is 1. The molecule has 0 radical (unpaired) electrons. The Morgan fingerprint density at radius 2 is 1.76 bits per heavy atom. The zero-order chi connectivity index (χ0) is 21.7. The molecule has 0 bridgehead atoms. The molecule has 158 valence electrons. The molecule has 0 spiro atoms. The molecular weight excluding hydrogens is 394 g/mol. The molecular formula is C20H27N3O5S. The van der Waals surface area contributed by atoms with Crippen molar-refractivity contribution in [1.82, 2.24) is 10.0 Å². The zero-order valence-electron chi connectivity index (χ0n) is 17.0. The molecule has 0 unspecified atom stereocenters. The van der Waals surface area contributed by atoms with Crippen LogP contribution in [-0.2, 0) is 24.3 Å². The van der Waals surface area contributed by atoms with Gasteiger partial charge in [-0.2, -0.15) is 5.26 Å². The number of carbonyl (C=O) groups is 2. The number of aryl methyl sites for hydroxylation is 3. The van der Waals surface area contributed by atoms with Crippen LogP contribution in [0.2, 0.25) is 0 Å². The number of amides is 1. The smallest absolute Gasteiger partial charge is 0.307 e. The lowest BCUT2D eigenvalue weighted by Crippen LogP contribution is -2.46. The van der Waals surface area contributed by atoms with Crippen LogP contribution in [0.1, 0.15) is 48.8 Å². The van der Waals surface area contributed by atoms with Crippen molar-refractivity contribution in [1.29, 1.82) is 5.26 Å². The Kier molecular flexibility index (Phi) is 7.38. The van der Waals surface area contributed by atoms with Crippen molar-refractivity contribution < 1.29 is 22.7 Å². The van der Waals surface area contributed by atoms with Crippen LogP contribution in [-0.4, -0.2) is 39.0 Å². The second-order valence-electron chi connectivity index (χ2n) is 7.49.